The lowest BCUT2D eigenvalue weighted by atomic mass is 9.95. The molecule has 5 rings (SSSR count). The molecule has 0 radical (unpaired) electrons. The van der Waals surface area contributed by atoms with E-state index < -0.39 is 58.1 Å². The first-order valence-corrected chi connectivity index (χ1v) is 12.7. The number of hydrazine groups is 1. The Kier molecular flexibility index (Phi) is 6.42. The minimum Gasteiger partial charge on any atom is -0.480 e. The number of nitrogens with one attached hydrogen (secondary N) is 3. The molecule has 200 valence electrons. The van der Waals surface area contributed by atoms with Gasteiger partial charge in [0.25, 0.3) is 0 Å². The van der Waals surface area contributed by atoms with Crippen LogP contribution in [0, 0.1) is 0 Å². The van der Waals surface area contributed by atoms with E-state index in [0.717, 1.165) is 4.90 Å². The number of furan rings is 1. The number of imide groups is 1. The van der Waals surface area contributed by atoms with E-state index in [4.69, 9.17) is 4.42 Å². The van der Waals surface area contributed by atoms with Crippen molar-refractivity contribution in [3.63, 3.8) is 0 Å². The lowest BCUT2D eigenvalue weighted by molar-refractivity contribution is -0.161. The minimum atomic E-state index is -1.20. The van der Waals surface area contributed by atoms with E-state index in [-0.39, 0.29) is 13.1 Å². The van der Waals surface area contributed by atoms with Gasteiger partial charge in [-0.2, -0.15) is 0 Å². The Morgan fingerprint density at radius 2 is 1.87 bits per heavy atom. The molecule has 0 saturated carbocycles. The summed E-state index contributed by atoms with van der Waals surface area (Å²) >= 11 is 1.30. The molecule has 2 aromatic rings. The van der Waals surface area contributed by atoms with Crippen LogP contribution in [0.4, 0.5) is 15.3 Å². The third-order valence-corrected chi connectivity index (χ3v) is 8.25. The first kappa shape index (κ1) is 25.4. The maximum Gasteiger partial charge on any atom is 0.346 e. The summed E-state index contributed by atoms with van der Waals surface area (Å²) in [5.74, 6) is -2.26. The Balaban J connectivity index is 1.29. The maximum atomic E-state index is 13.4. The molecule has 1 aromatic carbocycles. The Labute approximate surface area is 221 Å². The second kappa shape index (κ2) is 9.59. The van der Waals surface area contributed by atoms with Crippen molar-refractivity contribution in [2.45, 2.75) is 42.1 Å². The molecule has 6 amide bonds. The van der Waals surface area contributed by atoms with E-state index in [0.29, 0.717) is 11.3 Å². The Morgan fingerprint density at radius 3 is 2.53 bits per heavy atom. The number of carboxylic acid groups (broad SMARTS) is 1. The van der Waals surface area contributed by atoms with Gasteiger partial charge in [-0.05, 0) is 19.4 Å². The van der Waals surface area contributed by atoms with Crippen molar-refractivity contribution in [3.05, 3.63) is 54.5 Å². The number of thioether (sulfide) groups is 1. The highest BCUT2D eigenvalue weighted by molar-refractivity contribution is 8.01. The van der Waals surface area contributed by atoms with Crippen LogP contribution in [0.3, 0.4) is 0 Å². The van der Waals surface area contributed by atoms with Crippen molar-refractivity contribution in [3.8, 4) is 0 Å². The summed E-state index contributed by atoms with van der Waals surface area (Å²) in [6, 6.07) is 5.51. The highest BCUT2D eigenvalue weighted by atomic mass is 32.2. The third kappa shape index (κ3) is 4.40. The van der Waals surface area contributed by atoms with Crippen molar-refractivity contribution in [2.75, 3.05) is 18.5 Å². The normalized spacial score (nSPS) is 24.5. The maximum absolute atomic E-state index is 13.4. The van der Waals surface area contributed by atoms with Crippen LogP contribution in [-0.2, 0) is 14.4 Å². The highest BCUT2D eigenvalue weighted by Crippen LogP contribution is 2.50. The topological polar surface area (TPSA) is 165 Å². The van der Waals surface area contributed by atoms with Gasteiger partial charge < -0.3 is 25.1 Å². The fraction of sp³-hybridized carbons (Fsp3) is 0.375. The molecule has 0 aliphatic carbocycles. The molecular formula is C24H26N6O7S. The van der Waals surface area contributed by atoms with Gasteiger partial charge in [0.2, 0.25) is 11.8 Å². The Hall–Kier alpha value is -4.20. The zero-order valence-corrected chi connectivity index (χ0v) is 21.3. The van der Waals surface area contributed by atoms with Crippen LogP contribution in [0.5, 0.6) is 0 Å². The van der Waals surface area contributed by atoms with Crippen LogP contribution < -0.4 is 16.1 Å². The van der Waals surface area contributed by atoms with Crippen LogP contribution in [0.25, 0.3) is 0 Å². The Bertz CT molecular complexity index is 1270. The van der Waals surface area contributed by atoms with E-state index in [1.807, 2.05) is 0 Å². The SMILES string of the molecule is CC1(C)S[C@@H]2[C@H](NC(=O)C(NC(=O)N3CCN(Nc4ccoc4)C3=O)c3ccccc3)C(=O)N2[C@H]1C(=O)O. The number of carbonyl (C=O) groups excluding carboxylic acids is 4. The second-order valence-corrected chi connectivity index (χ2v) is 11.4. The van der Waals surface area contributed by atoms with Gasteiger partial charge in [-0.15, -0.1) is 11.8 Å². The van der Waals surface area contributed by atoms with Gasteiger partial charge in [0.05, 0.1) is 25.0 Å². The highest BCUT2D eigenvalue weighted by Gasteiger charge is 2.64. The molecule has 0 bridgehead atoms. The number of hydrogen-bond donors (Lipinski definition) is 4. The smallest absolute Gasteiger partial charge is 0.346 e. The van der Waals surface area contributed by atoms with Crippen LogP contribution in [0.1, 0.15) is 25.5 Å². The quantitative estimate of drug-likeness (QED) is 0.379. The minimum absolute atomic E-state index is 0.0824. The number of rotatable bonds is 7. The number of β-lactam (4-membered cyclic amide) rings is 1. The molecule has 3 aliphatic heterocycles. The van der Waals surface area contributed by atoms with E-state index in [9.17, 15) is 29.1 Å². The molecule has 38 heavy (non-hydrogen) atoms. The van der Waals surface area contributed by atoms with Gasteiger partial charge >= 0.3 is 18.0 Å². The molecule has 4 heterocycles. The Morgan fingerprint density at radius 1 is 1.13 bits per heavy atom. The van der Waals surface area contributed by atoms with Gasteiger partial charge in [-0.25, -0.2) is 24.3 Å². The second-order valence-electron chi connectivity index (χ2n) is 9.59. The predicted molar refractivity (Wildman–Crippen MR) is 135 cm³/mol. The fourth-order valence-electron chi connectivity index (χ4n) is 4.84. The van der Waals surface area contributed by atoms with Gasteiger partial charge in [0.1, 0.15) is 29.8 Å². The van der Waals surface area contributed by atoms with E-state index in [2.05, 4.69) is 16.1 Å². The number of aliphatic carboxylic acids is 1. The molecule has 4 atom stereocenters. The van der Waals surface area contributed by atoms with Crippen LogP contribution in [-0.4, -0.2) is 85.1 Å². The van der Waals surface area contributed by atoms with E-state index in [1.54, 1.807) is 50.2 Å². The molecule has 14 heteroatoms. The molecular weight excluding hydrogens is 516 g/mol. The summed E-state index contributed by atoms with van der Waals surface area (Å²) < 4.78 is 4.23. The average molecular weight is 543 g/mol. The van der Waals surface area contributed by atoms with Crippen molar-refractivity contribution in [1.82, 2.24) is 25.4 Å². The summed E-state index contributed by atoms with van der Waals surface area (Å²) in [5.41, 5.74) is 3.84. The van der Waals surface area contributed by atoms with Crippen LogP contribution in [0.15, 0.2) is 53.3 Å². The molecule has 1 aromatic heterocycles. The summed E-state index contributed by atoms with van der Waals surface area (Å²) in [4.78, 5) is 66.2. The van der Waals surface area contributed by atoms with Gasteiger partial charge in [-0.1, -0.05) is 30.3 Å². The standard InChI is InChI=1S/C24H26N6O7S/c1-24(2)17(21(33)34)30-19(32)16(20(30)38-24)25-18(31)15(13-6-4-3-5-7-13)26-22(35)28-9-10-29(23(28)36)27-14-8-11-37-12-14/h3-8,11-12,15-17,20,27H,9-10H2,1-2H3,(H,25,31)(H,26,35)(H,33,34)/t15?,16-,17+,20-/m1/s1. The summed E-state index contributed by atoms with van der Waals surface area (Å²) in [6.07, 6.45) is 2.85. The number of amides is 6. The van der Waals surface area contributed by atoms with Gasteiger partial charge in [0.15, 0.2) is 0 Å². The summed E-state index contributed by atoms with van der Waals surface area (Å²) in [5, 5.41) is 15.6. The molecule has 3 saturated heterocycles. The number of fused-ring (bicyclic) bond motifs is 1. The molecule has 3 aliphatic rings. The zero-order chi connectivity index (χ0) is 27.2. The number of carboxylic acids is 1. The predicted octanol–water partition coefficient (Wildman–Crippen LogP) is 1.43. The lowest BCUT2D eigenvalue weighted by Crippen LogP contribution is -2.71. The lowest BCUT2D eigenvalue weighted by Gasteiger charge is -2.44. The van der Waals surface area contributed by atoms with Crippen LogP contribution in [0.2, 0.25) is 0 Å². The number of hydrogen-bond acceptors (Lipinski definition) is 8. The first-order chi connectivity index (χ1) is 18.1. The van der Waals surface area contributed by atoms with Crippen molar-refractivity contribution >= 4 is 47.3 Å². The largest absolute Gasteiger partial charge is 0.480 e. The van der Waals surface area contributed by atoms with Crippen molar-refractivity contribution < 1.29 is 33.5 Å². The van der Waals surface area contributed by atoms with E-state index >= 15 is 0 Å². The van der Waals surface area contributed by atoms with Crippen LogP contribution >= 0.6 is 11.8 Å². The van der Waals surface area contributed by atoms with Crippen molar-refractivity contribution in [2.24, 2.45) is 0 Å². The monoisotopic (exact) mass is 542 g/mol. The number of carbonyl (C=O) groups is 5. The number of nitrogens with zero attached hydrogens (tertiary/aromatic N) is 3. The van der Waals surface area contributed by atoms with Crippen molar-refractivity contribution in [1.29, 1.82) is 0 Å². The van der Waals surface area contributed by atoms with Gasteiger partial charge in [0, 0.05) is 10.8 Å². The average Bonchev–Trinajstić information content (AvgIpc) is 3.59. The molecule has 3 fully saturated rings. The number of urea groups is 2. The molecule has 13 nitrogen and oxygen atoms in total. The summed E-state index contributed by atoms with van der Waals surface area (Å²) in [7, 11) is 0. The zero-order valence-electron chi connectivity index (χ0n) is 20.5. The summed E-state index contributed by atoms with van der Waals surface area (Å²) in [6.45, 7) is 3.78. The first-order valence-electron chi connectivity index (χ1n) is 11.8. The number of anilines is 1. The number of benzene rings is 1. The van der Waals surface area contributed by atoms with E-state index in [1.165, 1.54) is 34.2 Å². The van der Waals surface area contributed by atoms with Gasteiger partial charge in [-0.3, -0.25) is 15.0 Å². The molecule has 1 unspecified atom stereocenters. The fourth-order valence-corrected chi connectivity index (χ4v) is 6.47. The molecule has 4 N–H and O–H groups in total. The third-order valence-electron chi connectivity index (χ3n) is 6.68. The molecule has 0 spiro atoms.